The molecule has 0 spiro atoms. The number of amides is 1. The zero-order chi connectivity index (χ0) is 21.7. The van der Waals surface area contributed by atoms with Gasteiger partial charge in [-0.05, 0) is 44.4 Å². The van der Waals surface area contributed by atoms with Gasteiger partial charge in [0.1, 0.15) is 6.04 Å². The molecule has 1 aromatic rings. The summed E-state index contributed by atoms with van der Waals surface area (Å²) in [5.74, 6) is 0.327. The Hall–Kier alpha value is -1.14. The van der Waals surface area contributed by atoms with Crippen LogP contribution in [0.1, 0.15) is 18.9 Å². The molecule has 29 heavy (non-hydrogen) atoms. The summed E-state index contributed by atoms with van der Waals surface area (Å²) in [7, 11) is -7.13. The van der Waals surface area contributed by atoms with Gasteiger partial charge in [-0.15, -0.1) is 0 Å². The monoisotopic (exact) mass is 463 g/mol. The van der Waals surface area contributed by atoms with Crippen molar-refractivity contribution in [3.63, 3.8) is 0 Å². The molecule has 1 aromatic carbocycles. The number of nitrogens with zero attached hydrogens (tertiary/aromatic N) is 2. The topological polar surface area (TPSA) is 104 Å². The number of benzene rings is 1. The van der Waals surface area contributed by atoms with Gasteiger partial charge in [0.15, 0.2) is 0 Å². The number of thioether (sulfide) groups is 1. The van der Waals surface area contributed by atoms with E-state index in [-0.39, 0.29) is 42.7 Å². The average molecular weight is 464 g/mol. The summed E-state index contributed by atoms with van der Waals surface area (Å²) < 4.78 is 53.4. The number of hydrogen-bond acceptors (Lipinski definition) is 6. The van der Waals surface area contributed by atoms with Crippen LogP contribution in [0.2, 0.25) is 0 Å². The van der Waals surface area contributed by atoms with E-state index in [1.807, 2.05) is 13.2 Å². The predicted octanol–water partition coefficient (Wildman–Crippen LogP) is 0.889. The van der Waals surface area contributed by atoms with Crippen LogP contribution in [0.5, 0.6) is 0 Å². The van der Waals surface area contributed by atoms with Crippen LogP contribution in [0, 0.1) is 6.92 Å². The van der Waals surface area contributed by atoms with Gasteiger partial charge >= 0.3 is 0 Å². The lowest BCUT2D eigenvalue weighted by Gasteiger charge is -2.35. The van der Waals surface area contributed by atoms with Crippen molar-refractivity contribution in [2.45, 2.75) is 31.2 Å². The Kier molecular flexibility index (Phi) is 8.53. The molecule has 1 amide bonds. The molecule has 1 heterocycles. The molecule has 8 nitrogen and oxygen atoms in total. The van der Waals surface area contributed by atoms with Gasteiger partial charge < -0.3 is 4.90 Å². The fraction of sp³-hybridized carbons (Fsp3) is 0.611. The molecule has 1 atom stereocenters. The fourth-order valence-corrected chi connectivity index (χ4v) is 5.81. The third-order valence-corrected chi connectivity index (χ3v) is 8.86. The van der Waals surface area contributed by atoms with Gasteiger partial charge in [-0.25, -0.2) is 16.8 Å². The maximum atomic E-state index is 13.0. The summed E-state index contributed by atoms with van der Waals surface area (Å²) in [4.78, 5) is 14.7. The van der Waals surface area contributed by atoms with Gasteiger partial charge in [-0.1, -0.05) is 17.7 Å². The number of nitrogens with one attached hydrogen (secondary N) is 1. The Morgan fingerprint density at radius 2 is 1.69 bits per heavy atom. The van der Waals surface area contributed by atoms with E-state index < -0.39 is 26.1 Å². The summed E-state index contributed by atoms with van der Waals surface area (Å²) >= 11 is 1.53. The Balaban J connectivity index is 2.11. The second-order valence-corrected chi connectivity index (χ2v) is 11.9. The third-order valence-electron chi connectivity index (χ3n) is 4.85. The number of carbonyl (C=O) groups is 1. The number of carbonyl (C=O) groups excluding carboxylic acids is 1. The van der Waals surface area contributed by atoms with E-state index in [4.69, 9.17) is 0 Å². The number of piperazine rings is 1. The van der Waals surface area contributed by atoms with Gasteiger partial charge in [0, 0.05) is 26.2 Å². The SMILES string of the molecule is CCS(=O)(=O)N1CCN(C(=O)C(CCSC)NS(=O)(=O)c2ccc(C)cc2)CC1. The highest BCUT2D eigenvalue weighted by atomic mass is 32.2. The first-order valence-electron chi connectivity index (χ1n) is 9.45. The highest BCUT2D eigenvalue weighted by molar-refractivity contribution is 7.98. The molecule has 1 aliphatic heterocycles. The molecule has 1 fully saturated rings. The van der Waals surface area contributed by atoms with Crippen molar-refractivity contribution < 1.29 is 21.6 Å². The summed E-state index contributed by atoms with van der Waals surface area (Å²) in [5, 5.41) is 0. The van der Waals surface area contributed by atoms with Crippen LogP contribution in [0.4, 0.5) is 0 Å². The van der Waals surface area contributed by atoms with Crippen LogP contribution in [0.25, 0.3) is 0 Å². The van der Waals surface area contributed by atoms with Gasteiger partial charge in [0.25, 0.3) is 0 Å². The Labute approximate surface area is 178 Å². The summed E-state index contributed by atoms with van der Waals surface area (Å²) in [6.07, 6.45) is 2.25. The minimum absolute atomic E-state index is 0.0215. The van der Waals surface area contributed by atoms with Crippen LogP contribution in [0.15, 0.2) is 29.2 Å². The van der Waals surface area contributed by atoms with E-state index in [0.717, 1.165) is 5.56 Å². The lowest BCUT2D eigenvalue weighted by molar-refractivity contribution is -0.134. The van der Waals surface area contributed by atoms with Crippen molar-refractivity contribution in [3.8, 4) is 0 Å². The molecule has 0 aliphatic carbocycles. The smallest absolute Gasteiger partial charge is 0.241 e. The van der Waals surface area contributed by atoms with Crippen molar-refractivity contribution in [1.29, 1.82) is 0 Å². The van der Waals surface area contributed by atoms with Crippen molar-refractivity contribution in [2.75, 3.05) is 43.9 Å². The van der Waals surface area contributed by atoms with E-state index in [0.29, 0.717) is 12.2 Å². The van der Waals surface area contributed by atoms with E-state index in [1.54, 1.807) is 24.0 Å². The van der Waals surface area contributed by atoms with Crippen molar-refractivity contribution in [2.24, 2.45) is 0 Å². The maximum absolute atomic E-state index is 13.0. The molecule has 1 aliphatic rings. The molecule has 1 unspecified atom stereocenters. The van der Waals surface area contributed by atoms with Gasteiger partial charge in [-0.2, -0.15) is 20.8 Å². The van der Waals surface area contributed by atoms with Crippen LogP contribution in [-0.2, 0) is 24.8 Å². The fourth-order valence-electron chi connectivity index (χ4n) is 3.03. The molecule has 0 bridgehead atoms. The minimum Gasteiger partial charge on any atom is -0.339 e. The molecule has 1 saturated heterocycles. The first-order chi connectivity index (χ1) is 13.6. The molecular formula is C18H29N3O5S3. The first kappa shape index (κ1) is 24.1. The Morgan fingerprint density at radius 3 is 2.21 bits per heavy atom. The Morgan fingerprint density at radius 1 is 1.10 bits per heavy atom. The number of aryl methyl sites for hydroxylation is 1. The second-order valence-electron chi connectivity index (χ2n) is 6.89. The molecule has 164 valence electrons. The molecule has 0 aromatic heterocycles. The molecule has 2 rings (SSSR count). The van der Waals surface area contributed by atoms with Crippen molar-refractivity contribution >= 4 is 37.7 Å². The molecule has 1 N–H and O–H groups in total. The van der Waals surface area contributed by atoms with Crippen LogP contribution in [0.3, 0.4) is 0 Å². The zero-order valence-electron chi connectivity index (χ0n) is 17.0. The number of hydrogen-bond donors (Lipinski definition) is 1. The summed E-state index contributed by atoms with van der Waals surface area (Å²) in [6.45, 7) is 4.40. The molecule has 11 heteroatoms. The standard InChI is InChI=1S/C18H29N3O5S3/c1-4-28(23,24)21-12-10-20(11-13-21)18(22)17(9-14-27-3)19-29(25,26)16-7-5-15(2)6-8-16/h5-8,17,19H,4,9-14H2,1-3H3. The van der Waals surface area contributed by atoms with Gasteiger partial charge in [0.05, 0.1) is 10.6 Å². The second kappa shape index (κ2) is 10.3. The third kappa shape index (κ3) is 6.42. The highest BCUT2D eigenvalue weighted by Crippen LogP contribution is 2.15. The molecule has 0 saturated carbocycles. The zero-order valence-corrected chi connectivity index (χ0v) is 19.4. The molecular weight excluding hydrogens is 434 g/mol. The van der Waals surface area contributed by atoms with Crippen molar-refractivity contribution in [3.05, 3.63) is 29.8 Å². The quantitative estimate of drug-likeness (QED) is 0.583. The lowest BCUT2D eigenvalue weighted by Crippen LogP contribution is -2.56. The highest BCUT2D eigenvalue weighted by Gasteiger charge is 2.33. The van der Waals surface area contributed by atoms with Gasteiger partial charge in [0.2, 0.25) is 26.0 Å². The Bertz CT molecular complexity index is 893. The van der Waals surface area contributed by atoms with E-state index in [9.17, 15) is 21.6 Å². The van der Waals surface area contributed by atoms with Crippen LogP contribution < -0.4 is 4.72 Å². The number of sulfonamides is 2. The summed E-state index contributed by atoms with van der Waals surface area (Å²) in [6, 6.07) is 5.56. The maximum Gasteiger partial charge on any atom is 0.241 e. The lowest BCUT2D eigenvalue weighted by atomic mass is 10.2. The van der Waals surface area contributed by atoms with E-state index in [1.165, 1.54) is 28.2 Å². The van der Waals surface area contributed by atoms with Gasteiger partial charge in [-0.3, -0.25) is 4.79 Å². The largest absolute Gasteiger partial charge is 0.339 e. The first-order valence-corrected chi connectivity index (χ1v) is 13.9. The normalized spacial score (nSPS) is 17.3. The van der Waals surface area contributed by atoms with Crippen molar-refractivity contribution in [1.82, 2.24) is 13.9 Å². The minimum atomic E-state index is -3.84. The summed E-state index contributed by atoms with van der Waals surface area (Å²) in [5.41, 5.74) is 0.943. The predicted molar refractivity (Wildman–Crippen MR) is 116 cm³/mol. The average Bonchev–Trinajstić information content (AvgIpc) is 2.71. The van der Waals surface area contributed by atoms with Crippen LogP contribution in [-0.4, -0.2) is 81.9 Å². The van der Waals surface area contributed by atoms with E-state index >= 15 is 0 Å². The van der Waals surface area contributed by atoms with E-state index in [2.05, 4.69) is 4.72 Å². The number of rotatable bonds is 9. The molecule has 0 radical (unpaired) electrons. The van der Waals surface area contributed by atoms with Crippen LogP contribution >= 0.6 is 11.8 Å².